The molecule has 5 heteroatoms. The van der Waals surface area contributed by atoms with Gasteiger partial charge in [-0.05, 0) is 175 Å². The van der Waals surface area contributed by atoms with Gasteiger partial charge < -0.3 is 14.7 Å². The Bertz CT molecular complexity index is 3380. The van der Waals surface area contributed by atoms with Gasteiger partial charge in [-0.25, -0.2) is 0 Å². The minimum atomic E-state index is -0.0868. The van der Waals surface area contributed by atoms with Crippen molar-refractivity contribution in [2.45, 2.75) is 163 Å². The third-order valence-corrected chi connectivity index (χ3v) is 17.8. The Labute approximate surface area is 449 Å². The highest BCUT2D eigenvalue weighted by Crippen LogP contribution is 2.54. The zero-order chi connectivity index (χ0) is 53.2. The Kier molecular flexibility index (Phi) is 12.4. The van der Waals surface area contributed by atoms with Gasteiger partial charge in [0, 0.05) is 54.7 Å². The van der Waals surface area contributed by atoms with Crippen molar-refractivity contribution in [2.24, 2.45) is 0 Å². The first kappa shape index (κ1) is 51.5. The summed E-state index contributed by atoms with van der Waals surface area (Å²) in [4.78, 5) is 7.73. The molecule has 0 amide bonds. The Morgan fingerprint density at radius 3 is 1.69 bits per heavy atom. The van der Waals surface area contributed by atoms with Crippen LogP contribution in [0.5, 0.6) is 0 Å². The largest absolute Gasteiger partial charge is 0.311 e. The lowest BCUT2D eigenvalue weighted by Crippen LogP contribution is -2.60. The monoisotopic (exact) mass is 994 g/mol. The lowest BCUT2D eigenvalue weighted by atomic mass is 9.36. The predicted octanol–water partition coefficient (Wildman–Crippen LogP) is 18.3. The smallest absolute Gasteiger partial charge is 0.264 e. The van der Waals surface area contributed by atoms with Gasteiger partial charge in [0.1, 0.15) is 0 Å². The molecule has 10 rings (SSSR count). The van der Waals surface area contributed by atoms with E-state index in [0.717, 1.165) is 23.5 Å². The maximum absolute atomic E-state index is 4.47. The molecule has 0 saturated carbocycles. The molecule has 0 atom stereocenters. The van der Waals surface area contributed by atoms with Crippen LogP contribution in [0, 0.1) is 0 Å². The topological polar surface area (TPSA) is 9.72 Å². The van der Waals surface area contributed by atoms with Gasteiger partial charge in [-0.3, -0.25) is 0 Å². The van der Waals surface area contributed by atoms with Crippen LogP contribution >= 0.6 is 11.3 Å². The molecular formula is C69H80BN3S. The Morgan fingerprint density at radius 1 is 0.581 bits per heavy atom. The van der Waals surface area contributed by atoms with Crippen LogP contribution in [0.3, 0.4) is 0 Å². The van der Waals surface area contributed by atoms with Gasteiger partial charge in [-0.15, -0.1) is 11.3 Å². The van der Waals surface area contributed by atoms with Crippen LogP contribution in [-0.4, -0.2) is 6.71 Å². The summed E-state index contributed by atoms with van der Waals surface area (Å²) in [5.74, 6) is 0. The molecule has 7 aromatic rings. The zero-order valence-corrected chi connectivity index (χ0v) is 48.5. The quantitative estimate of drug-likeness (QED) is 0.116. The van der Waals surface area contributed by atoms with Crippen LogP contribution < -0.4 is 30.4 Å². The fourth-order valence-electron chi connectivity index (χ4n) is 11.8. The first-order valence-corrected chi connectivity index (χ1v) is 28.1. The number of anilines is 8. The third-order valence-electron chi connectivity index (χ3n) is 16.6. The summed E-state index contributed by atoms with van der Waals surface area (Å²) in [6, 6.07) is 45.5. The van der Waals surface area contributed by atoms with Crippen molar-refractivity contribution in [1.29, 1.82) is 0 Å². The van der Waals surface area contributed by atoms with Gasteiger partial charge in [0.15, 0.2) is 0 Å². The van der Waals surface area contributed by atoms with E-state index in [2.05, 4.69) is 272 Å². The summed E-state index contributed by atoms with van der Waals surface area (Å²) in [7, 11) is 0. The first-order chi connectivity index (χ1) is 34.6. The van der Waals surface area contributed by atoms with Gasteiger partial charge in [0.25, 0.3) is 6.71 Å². The van der Waals surface area contributed by atoms with Crippen LogP contribution in [0.4, 0.5) is 45.5 Å². The molecule has 6 aromatic carbocycles. The van der Waals surface area contributed by atoms with E-state index in [1.807, 2.05) is 17.4 Å². The molecule has 1 aliphatic carbocycles. The number of rotatable bonds is 7. The van der Waals surface area contributed by atoms with Crippen LogP contribution in [0.25, 0.3) is 10.1 Å². The summed E-state index contributed by atoms with van der Waals surface area (Å²) in [6.07, 6.45) is 10.8. The second-order valence-electron chi connectivity index (χ2n) is 27.1. The number of para-hydroxylation sites is 1. The van der Waals surface area contributed by atoms with Gasteiger partial charge in [0.05, 0.1) is 11.4 Å². The van der Waals surface area contributed by atoms with Gasteiger partial charge in [-0.2, -0.15) is 0 Å². The van der Waals surface area contributed by atoms with Crippen LogP contribution in [0.2, 0.25) is 0 Å². The lowest BCUT2D eigenvalue weighted by molar-refractivity contribution is 0.332. The maximum atomic E-state index is 4.47. The molecule has 0 fully saturated rings. The Morgan fingerprint density at radius 2 is 1.14 bits per heavy atom. The van der Waals surface area contributed by atoms with Gasteiger partial charge in [-0.1, -0.05) is 178 Å². The summed E-state index contributed by atoms with van der Waals surface area (Å²) < 4.78 is 2.77. The average molecular weight is 994 g/mol. The number of hydrogen-bond donors (Lipinski definition) is 0. The fourth-order valence-corrected chi connectivity index (χ4v) is 13.2. The number of thiophene rings is 1. The molecule has 3 heterocycles. The van der Waals surface area contributed by atoms with E-state index < -0.39 is 0 Å². The van der Waals surface area contributed by atoms with E-state index in [1.165, 1.54) is 99.7 Å². The Balaban J connectivity index is 1.42. The van der Waals surface area contributed by atoms with E-state index in [9.17, 15) is 0 Å². The molecule has 0 bridgehead atoms. The molecule has 3 nitrogen and oxygen atoms in total. The summed E-state index contributed by atoms with van der Waals surface area (Å²) >= 11 is 2.02. The Hall–Kier alpha value is -6.04. The van der Waals surface area contributed by atoms with Crippen LogP contribution in [0.1, 0.15) is 164 Å². The molecule has 1 aromatic heterocycles. The highest BCUT2D eigenvalue weighted by molar-refractivity contribution is 7.33. The van der Waals surface area contributed by atoms with Crippen molar-refractivity contribution in [2.75, 3.05) is 14.7 Å². The summed E-state index contributed by atoms with van der Waals surface area (Å²) in [5, 5.41) is 1.34. The van der Waals surface area contributed by atoms with E-state index in [4.69, 9.17) is 0 Å². The van der Waals surface area contributed by atoms with E-state index >= 15 is 0 Å². The van der Waals surface area contributed by atoms with E-state index in [1.54, 1.807) is 0 Å². The van der Waals surface area contributed by atoms with Crippen molar-refractivity contribution in [3.8, 4) is 0 Å². The van der Waals surface area contributed by atoms with Crippen molar-refractivity contribution in [1.82, 2.24) is 0 Å². The van der Waals surface area contributed by atoms with Crippen molar-refractivity contribution in [3.05, 3.63) is 185 Å². The molecule has 3 aliphatic rings. The van der Waals surface area contributed by atoms with Crippen molar-refractivity contribution >= 4 is 89.3 Å². The highest BCUT2D eigenvalue weighted by Gasteiger charge is 2.47. The fraction of sp³-hybridized carbons (Fsp3) is 0.362. The molecule has 0 radical (unpaired) electrons. The van der Waals surface area contributed by atoms with E-state index in [-0.39, 0.29) is 39.2 Å². The molecule has 2 aliphatic heterocycles. The van der Waals surface area contributed by atoms with Crippen molar-refractivity contribution in [3.63, 3.8) is 0 Å². The standard InChI is InChI=1S/C69H80BN3S/c1-19-21-25-48(20-2)71(49-26-23-22-24-27-49)52-40-58-61-59(41-52)73(50-31-28-44(29-32-50)64(3,4)5)62-53-42-54-55(69(17,18)35-34-68(54,15)16)43-60(53)74-63(62)70(61)56-33-30-45(65(6,7)8)39-57(56)72(58)51-37-46(66(9,10)11)36-47(38-51)67(12,13)14/h19-33,36-43H,2,34-35H2,1,3-18H3/b21-19-,48-25+. The third kappa shape index (κ3) is 8.79. The van der Waals surface area contributed by atoms with E-state index in [0.29, 0.717) is 0 Å². The van der Waals surface area contributed by atoms with Gasteiger partial charge in [0.2, 0.25) is 0 Å². The molecule has 0 unspecified atom stereocenters. The number of hydrogen-bond acceptors (Lipinski definition) is 4. The van der Waals surface area contributed by atoms with Crippen molar-refractivity contribution < 1.29 is 0 Å². The first-order valence-electron chi connectivity index (χ1n) is 27.2. The van der Waals surface area contributed by atoms with Gasteiger partial charge >= 0.3 is 0 Å². The summed E-state index contributed by atoms with van der Waals surface area (Å²) in [6.45, 7) is 44.6. The second-order valence-corrected chi connectivity index (χ2v) is 28.1. The maximum Gasteiger partial charge on any atom is 0.264 e. The van der Waals surface area contributed by atoms with Crippen LogP contribution in [0.15, 0.2) is 152 Å². The average Bonchev–Trinajstić information content (AvgIpc) is 3.71. The number of allylic oxidation sites excluding steroid dienone is 4. The zero-order valence-electron chi connectivity index (χ0n) is 47.7. The number of nitrogens with zero attached hydrogens (tertiary/aromatic N) is 3. The van der Waals surface area contributed by atoms with Crippen LogP contribution in [-0.2, 0) is 32.5 Å². The SMILES string of the molecule is C=C/C(=C\C=C/C)N(c1ccccc1)c1cc2c3c(c1)N(c1ccc(C(C)(C)C)cc1)c1c(sc4cc5c(cc14)C(C)(C)CCC5(C)C)B3c1ccc(C(C)(C)C)cc1N2c1cc(C(C)(C)C)cc(C(C)(C)C)c1. The molecule has 0 N–H and O–H groups in total. The minimum absolute atomic E-state index is 0.00244. The normalized spacial score (nSPS) is 16.3. The summed E-state index contributed by atoms with van der Waals surface area (Å²) in [5.41, 5.74) is 21.3. The second kappa shape index (κ2) is 17.8. The molecule has 0 saturated heterocycles. The predicted molar refractivity (Wildman–Crippen MR) is 328 cm³/mol. The number of fused-ring (bicyclic) bond motifs is 7. The highest BCUT2D eigenvalue weighted by atomic mass is 32.1. The number of benzene rings is 6. The lowest BCUT2D eigenvalue weighted by Gasteiger charge is -2.45. The molecular weight excluding hydrogens is 914 g/mol. The molecule has 0 spiro atoms. The minimum Gasteiger partial charge on any atom is -0.311 e. The molecule has 74 heavy (non-hydrogen) atoms. The molecule has 380 valence electrons.